The number of nitrogens with zero attached hydrogens (tertiary/aromatic N) is 2. The third-order valence-electron chi connectivity index (χ3n) is 3.62. The average Bonchev–Trinajstić information content (AvgIpc) is 2.48. The Morgan fingerprint density at radius 3 is 2.95 bits per heavy atom. The molecule has 1 heterocycles. The summed E-state index contributed by atoms with van der Waals surface area (Å²) in [4.78, 5) is 11.6. The van der Waals surface area contributed by atoms with Crippen LogP contribution in [0.25, 0.3) is 0 Å². The molecular weight excluding hydrogens is 278 g/mol. The van der Waals surface area contributed by atoms with Crippen LogP contribution in [-0.4, -0.2) is 29.0 Å². The zero-order chi connectivity index (χ0) is 14.4. The van der Waals surface area contributed by atoms with Gasteiger partial charge >= 0.3 is 0 Å². The Balaban J connectivity index is 1.68. The number of rotatable bonds is 6. The van der Waals surface area contributed by atoms with Crippen LogP contribution >= 0.6 is 11.6 Å². The summed E-state index contributed by atoms with van der Waals surface area (Å²) in [5.74, 6) is 0. The summed E-state index contributed by atoms with van der Waals surface area (Å²) in [5, 5.41) is 7.26. The molecule has 0 aromatic carbocycles. The minimum absolute atomic E-state index is 0.190. The van der Waals surface area contributed by atoms with Crippen LogP contribution in [0.4, 0.5) is 5.69 Å². The lowest BCUT2D eigenvalue weighted by Gasteiger charge is -2.22. The van der Waals surface area contributed by atoms with E-state index in [-0.39, 0.29) is 10.6 Å². The summed E-state index contributed by atoms with van der Waals surface area (Å²) < 4.78 is 7.06. The molecule has 0 unspecified atom stereocenters. The maximum Gasteiger partial charge on any atom is 0.287 e. The highest BCUT2D eigenvalue weighted by Gasteiger charge is 2.13. The Labute approximate surface area is 124 Å². The van der Waals surface area contributed by atoms with E-state index in [2.05, 4.69) is 10.4 Å². The molecule has 0 bridgehead atoms. The predicted octanol–water partition coefficient (Wildman–Crippen LogP) is 2.59. The van der Waals surface area contributed by atoms with Crippen LogP contribution in [0.15, 0.2) is 11.0 Å². The maximum absolute atomic E-state index is 11.6. The maximum atomic E-state index is 11.6. The number of halogens is 1. The number of hydrogen-bond donors (Lipinski definition) is 1. The molecule has 1 aromatic rings. The van der Waals surface area contributed by atoms with Crippen molar-refractivity contribution >= 4 is 17.3 Å². The predicted molar refractivity (Wildman–Crippen MR) is 80.4 cm³/mol. The molecule has 0 radical (unpaired) electrons. The van der Waals surface area contributed by atoms with Crippen LogP contribution in [0.1, 0.15) is 38.5 Å². The van der Waals surface area contributed by atoms with Gasteiger partial charge in [0.2, 0.25) is 0 Å². The van der Waals surface area contributed by atoms with Gasteiger partial charge in [0.1, 0.15) is 5.02 Å². The van der Waals surface area contributed by atoms with Crippen molar-refractivity contribution in [2.24, 2.45) is 7.05 Å². The topological polar surface area (TPSA) is 56.1 Å². The first-order chi connectivity index (χ1) is 9.68. The molecule has 1 aromatic heterocycles. The third kappa shape index (κ3) is 4.21. The SMILES string of the molecule is Cn1ncc(NCCCOC2CCCCC2)c(Cl)c1=O. The van der Waals surface area contributed by atoms with Crippen molar-refractivity contribution in [3.63, 3.8) is 0 Å². The van der Waals surface area contributed by atoms with Gasteiger partial charge in [-0.05, 0) is 19.3 Å². The highest BCUT2D eigenvalue weighted by molar-refractivity contribution is 6.32. The molecule has 1 N–H and O–H groups in total. The van der Waals surface area contributed by atoms with E-state index in [0.717, 1.165) is 19.6 Å². The highest BCUT2D eigenvalue weighted by atomic mass is 35.5. The molecule has 0 saturated heterocycles. The van der Waals surface area contributed by atoms with Crippen molar-refractivity contribution in [1.29, 1.82) is 0 Å². The lowest BCUT2D eigenvalue weighted by molar-refractivity contribution is 0.0284. The Bertz CT molecular complexity index is 484. The number of hydrogen-bond acceptors (Lipinski definition) is 4. The van der Waals surface area contributed by atoms with Gasteiger partial charge in [-0.2, -0.15) is 5.10 Å². The highest BCUT2D eigenvalue weighted by Crippen LogP contribution is 2.20. The third-order valence-corrected chi connectivity index (χ3v) is 3.99. The normalized spacial score (nSPS) is 16.3. The molecule has 5 nitrogen and oxygen atoms in total. The molecule has 112 valence electrons. The molecule has 0 atom stereocenters. The average molecular weight is 300 g/mol. The van der Waals surface area contributed by atoms with Crippen LogP contribution in [0.2, 0.25) is 5.02 Å². The van der Waals surface area contributed by atoms with Gasteiger partial charge in [-0.1, -0.05) is 30.9 Å². The second kappa shape index (κ2) is 7.64. The van der Waals surface area contributed by atoms with E-state index in [4.69, 9.17) is 16.3 Å². The zero-order valence-electron chi connectivity index (χ0n) is 11.9. The molecule has 1 saturated carbocycles. The summed E-state index contributed by atoms with van der Waals surface area (Å²) >= 11 is 5.97. The fourth-order valence-corrected chi connectivity index (χ4v) is 2.65. The Morgan fingerprint density at radius 2 is 2.20 bits per heavy atom. The minimum Gasteiger partial charge on any atom is -0.382 e. The second-order valence-electron chi connectivity index (χ2n) is 5.21. The Morgan fingerprint density at radius 1 is 1.45 bits per heavy atom. The molecule has 2 rings (SSSR count). The van der Waals surface area contributed by atoms with Crippen molar-refractivity contribution < 1.29 is 4.74 Å². The van der Waals surface area contributed by atoms with E-state index < -0.39 is 0 Å². The van der Waals surface area contributed by atoms with E-state index in [1.807, 2.05) is 0 Å². The van der Waals surface area contributed by atoms with Gasteiger partial charge in [0.15, 0.2) is 0 Å². The fraction of sp³-hybridized carbons (Fsp3) is 0.714. The summed E-state index contributed by atoms with van der Waals surface area (Å²) in [5.41, 5.74) is 0.308. The largest absolute Gasteiger partial charge is 0.382 e. The van der Waals surface area contributed by atoms with Crippen LogP contribution in [-0.2, 0) is 11.8 Å². The molecule has 0 spiro atoms. The molecule has 0 aliphatic heterocycles. The summed E-state index contributed by atoms with van der Waals surface area (Å²) in [6.45, 7) is 1.47. The molecule has 1 aliphatic carbocycles. The molecule has 6 heteroatoms. The van der Waals surface area contributed by atoms with Crippen molar-refractivity contribution in [2.75, 3.05) is 18.5 Å². The zero-order valence-corrected chi connectivity index (χ0v) is 12.7. The number of anilines is 1. The van der Waals surface area contributed by atoms with Gasteiger partial charge < -0.3 is 10.1 Å². The van der Waals surface area contributed by atoms with Gasteiger partial charge in [0.25, 0.3) is 5.56 Å². The first-order valence-corrected chi connectivity index (χ1v) is 7.63. The van der Waals surface area contributed by atoms with E-state index in [1.54, 1.807) is 13.2 Å². The second-order valence-corrected chi connectivity index (χ2v) is 5.59. The van der Waals surface area contributed by atoms with E-state index in [9.17, 15) is 4.79 Å². The van der Waals surface area contributed by atoms with Crippen molar-refractivity contribution in [1.82, 2.24) is 9.78 Å². The van der Waals surface area contributed by atoms with E-state index in [1.165, 1.54) is 36.8 Å². The van der Waals surface area contributed by atoms with Crippen molar-refractivity contribution in [2.45, 2.75) is 44.6 Å². The standard InChI is InChI=1S/C14H22ClN3O2/c1-18-14(19)13(15)12(10-17-18)16-8-5-9-20-11-6-3-2-4-7-11/h10-11,16H,2-9H2,1H3. The van der Waals surface area contributed by atoms with Gasteiger partial charge in [-0.15, -0.1) is 0 Å². The molecule has 1 aliphatic rings. The lowest BCUT2D eigenvalue weighted by Crippen LogP contribution is -2.22. The number of nitrogens with one attached hydrogen (secondary N) is 1. The van der Waals surface area contributed by atoms with Crippen LogP contribution in [0, 0.1) is 0 Å². The number of aromatic nitrogens is 2. The van der Waals surface area contributed by atoms with Crippen LogP contribution in [0.3, 0.4) is 0 Å². The minimum atomic E-state index is -0.282. The van der Waals surface area contributed by atoms with Gasteiger partial charge in [-0.25, -0.2) is 4.68 Å². The molecule has 20 heavy (non-hydrogen) atoms. The monoisotopic (exact) mass is 299 g/mol. The van der Waals surface area contributed by atoms with Gasteiger partial charge in [0, 0.05) is 20.2 Å². The van der Waals surface area contributed by atoms with Gasteiger partial charge in [-0.3, -0.25) is 4.79 Å². The first-order valence-electron chi connectivity index (χ1n) is 7.26. The fourth-order valence-electron chi connectivity index (χ4n) is 2.41. The van der Waals surface area contributed by atoms with Gasteiger partial charge in [0.05, 0.1) is 18.0 Å². The summed E-state index contributed by atoms with van der Waals surface area (Å²) in [6, 6.07) is 0. The van der Waals surface area contributed by atoms with E-state index in [0.29, 0.717) is 11.8 Å². The molecule has 0 amide bonds. The van der Waals surface area contributed by atoms with E-state index >= 15 is 0 Å². The Hall–Kier alpha value is -1.07. The van der Waals surface area contributed by atoms with Crippen molar-refractivity contribution in [3.05, 3.63) is 21.6 Å². The smallest absolute Gasteiger partial charge is 0.287 e. The lowest BCUT2D eigenvalue weighted by atomic mass is 9.98. The number of aryl methyl sites for hydroxylation is 1. The summed E-state index contributed by atoms with van der Waals surface area (Å²) in [6.07, 6.45) is 9.21. The van der Waals surface area contributed by atoms with Crippen LogP contribution < -0.4 is 10.9 Å². The van der Waals surface area contributed by atoms with Crippen LogP contribution in [0.5, 0.6) is 0 Å². The number of ether oxygens (including phenoxy) is 1. The van der Waals surface area contributed by atoms with Crippen molar-refractivity contribution in [3.8, 4) is 0 Å². The molecule has 1 fully saturated rings. The summed E-state index contributed by atoms with van der Waals surface area (Å²) in [7, 11) is 1.58. The molecular formula is C14H22ClN3O2. The first kappa shape index (κ1) is 15.3. The quantitative estimate of drug-likeness (QED) is 0.820. The Kier molecular flexibility index (Phi) is 5.86.